The summed E-state index contributed by atoms with van der Waals surface area (Å²) in [5.74, 6) is 1.80. The Kier molecular flexibility index (Phi) is 5.96. The SMILES string of the molecule is CCNC(=NCCOCC1CC1)NC1CCN(C2CC2)CC1. The second kappa shape index (κ2) is 8.16. The molecule has 0 bridgehead atoms. The molecule has 3 rings (SSSR count). The summed E-state index contributed by atoms with van der Waals surface area (Å²) >= 11 is 0. The molecular formula is C17H32N4O. The van der Waals surface area contributed by atoms with Crippen LogP contribution in [-0.2, 0) is 4.74 Å². The van der Waals surface area contributed by atoms with Gasteiger partial charge in [-0.05, 0) is 51.4 Å². The van der Waals surface area contributed by atoms with Crippen LogP contribution in [0.1, 0.15) is 45.4 Å². The van der Waals surface area contributed by atoms with E-state index in [1.54, 1.807) is 0 Å². The summed E-state index contributed by atoms with van der Waals surface area (Å²) in [7, 11) is 0. The number of guanidine groups is 1. The first-order valence-corrected chi connectivity index (χ1v) is 9.21. The van der Waals surface area contributed by atoms with Crippen molar-refractivity contribution >= 4 is 5.96 Å². The molecule has 0 aromatic heterocycles. The summed E-state index contributed by atoms with van der Waals surface area (Å²) in [5.41, 5.74) is 0. The van der Waals surface area contributed by atoms with E-state index in [-0.39, 0.29) is 0 Å². The summed E-state index contributed by atoms with van der Waals surface area (Å²) in [6.45, 7) is 7.94. The Balaban J connectivity index is 1.34. The van der Waals surface area contributed by atoms with Crippen LogP contribution in [0, 0.1) is 5.92 Å². The first-order chi connectivity index (χ1) is 10.8. The van der Waals surface area contributed by atoms with Gasteiger partial charge in [0, 0.05) is 38.3 Å². The van der Waals surface area contributed by atoms with Gasteiger partial charge >= 0.3 is 0 Å². The number of hydrogen-bond acceptors (Lipinski definition) is 3. The molecule has 3 aliphatic rings. The summed E-state index contributed by atoms with van der Waals surface area (Å²) in [5, 5.41) is 6.96. The van der Waals surface area contributed by atoms with E-state index in [1.807, 2.05) is 0 Å². The predicted octanol–water partition coefficient (Wildman–Crippen LogP) is 1.59. The van der Waals surface area contributed by atoms with Crippen LogP contribution < -0.4 is 10.6 Å². The topological polar surface area (TPSA) is 48.9 Å². The second-order valence-corrected chi connectivity index (χ2v) is 6.96. The van der Waals surface area contributed by atoms with Crippen LogP contribution in [0.2, 0.25) is 0 Å². The molecule has 0 radical (unpaired) electrons. The molecular weight excluding hydrogens is 276 g/mol. The van der Waals surface area contributed by atoms with Crippen molar-refractivity contribution in [3.63, 3.8) is 0 Å². The van der Waals surface area contributed by atoms with Crippen LogP contribution in [0.5, 0.6) is 0 Å². The first kappa shape index (κ1) is 16.1. The lowest BCUT2D eigenvalue weighted by atomic mass is 10.1. The van der Waals surface area contributed by atoms with Gasteiger partial charge in [-0.15, -0.1) is 0 Å². The van der Waals surface area contributed by atoms with E-state index in [4.69, 9.17) is 4.74 Å². The standard InChI is InChI=1S/C17H32N4O/c1-2-18-17(19-9-12-22-13-14-3-4-14)20-15-7-10-21(11-8-15)16-5-6-16/h14-16H,2-13H2,1H3,(H2,18,19,20). The number of piperidine rings is 1. The largest absolute Gasteiger partial charge is 0.379 e. The van der Waals surface area contributed by atoms with Crippen LogP contribution in [0.25, 0.3) is 0 Å². The number of nitrogens with zero attached hydrogens (tertiary/aromatic N) is 2. The van der Waals surface area contributed by atoms with E-state index in [1.165, 1.54) is 51.6 Å². The van der Waals surface area contributed by atoms with Crippen LogP contribution in [0.15, 0.2) is 4.99 Å². The molecule has 0 atom stereocenters. The minimum Gasteiger partial charge on any atom is -0.379 e. The van der Waals surface area contributed by atoms with Crippen molar-refractivity contribution in [2.75, 3.05) is 39.4 Å². The molecule has 2 saturated carbocycles. The molecule has 1 heterocycles. The number of aliphatic imine (C=N–C) groups is 1. The fourth-order valence-electron chi connectivity index (χ4n) is 3.12. The Hall–Kier alpha value is -0.810. The Morgan fingerprint density at radius 1 is 1.14 bits per heavy atom. The molecule has 0 spiro atoms. The fraction of sp³-hybridized carbons (Fsp3) is 0.941. The van der Waals surface area contributed by atoms with E-state index in [9.17, 15) is 0 Å². The lowest BCUT2D eigenvalue weighted by Gasteiger charge is -2.33. The van der Waals surface area contributed by atoms with Crippen molar-refractivity contribution in [2.24, 2.45) is 10.9 Å². The highest BCUT2D eigenvalue weighted by Gasteiger charge is 2.31. The molecule has 1 saturated heterocycles. The molecule has 2 aliphatic carbocycles. The molecule has 126 valence electrons. The first-order valence-electron chi connectivity index (χ1n) is 9.21. The van der Waals surface area contributed by atoms with Gasteiger partial charge in [-0.3, -0.25) is 4.99 Å². The zero-order chi connectivity index (χ0) is 15.2. The monoisotopic (exact) mass is 308 g/mol. The Labute approximate surface area is 134 Å². The van der Waals surface area contributed by atoms with Gasteiger partial charge in [0.15, 0.2) is 5.96 Å². The van der Waals surface area contributed by atoms with Crippen LogP contribution in [-0.4, -0.2) is 62.3 Å². The molecule has 3 fully saturated rings. The smallest absolute Gasteiger partial charge is 0.191 e. The average Bonchev–Trinajstić information content (AvgIpc) is 3.40. The molecule has 2 N–H and O–H groups in total. The van der Waals surface area contributed by atoms with E-state index in [0.717, 1.165) is 44.2 Å². The van der Waals surface area contributed by atoms with E-state index >= 15 is 0 Å². The Morgan fingerprint density at radius 3 is 2.55 bits per heavy atom. The van der Waals surface area contributed by atoms with Gasteiger partial charge in [0.25, 0.3) is 0 Å². The van der Waals surface area contributed by atoms with Gasteiger partial charge < -0.3 is 20.3 Å². The van der Waals surface area contributed by atoms with Gasteiger partial charge in [0.2, 0.25) is 0 Å². The highest BCUT2D eigenvalue weighted by Crippen LogP contribution is 2.29. The molecule has 22 heavy (non-hydrogen) atoms. The predicted molar refractivity (Wildman–Crippen MR) is 90.3 cm³/mol. The van der Waals surface area contributed by atoms with Crippen LogP contribution in [0.4, 0.5) is 0 Å². The average molecular weight is 308 g/mol. The quantitative estimate of drug-likeness (QED) is 0.406. The maximum Gasteiger partial charge on any atom is 0.191 e. The number of nitrogens with one attached hydrogen (secondary N) is 2. The summed E-state index contributed by atoms with van der Waals surface area (Å²) in [6.07, 6.45) is 8.02. The van der Waals surface area contributed by atoms with Crippen molar-refractivity contribution < 1.29 is 4.74 Å². The molecule has 5 heteroatoms. The normalized spacial score (nSPS) is 24.5. The summed E-state index contributed by atoms with van der Waals surface area (Å²) in [4.78, 5) is 7.31. The summed E-state index contributed by atoms with van der Waals surface area (Å²) in [6, 6.07) is 1.48. The molecule has 0 unspecified atom stereocenters. The lowest BCUT2D eigenvalue weighted by Crippen LogP contribution is -2.49. The van der Waals surface area contributed by atoms with Crippen molar-refractivity contribution in [1.29, 1.82) is 0 Å². The van der Waals surface area contributed by atoms with Gasteiger partial charge in [-0.25, -0.2) is 0 Å². The van der Waals surface area contributed by atoms with Gasteiger partial charge in [-0.1, -0.05) is 0 Å². The van der Waals surface area contributed by atoms with Gasteiger partial charge in [-0.2, -0.15) is 0 Å². The zero-order valence-electron chi connectivity index (χ0n) is 14.0. The van der Waals surface area contributed by atoms with Crippen molar-refractivity contribution in [2.45, 2.75) is 57.5 Å². The lowest BCUT2D eigenvalue weighted by molar-refractivity contribution is 0.131. The minimum absolute atomic E-state index is 0.570. The van der Waals surface area contributed by atoms with E-state index in [0.29, 0.717) is 6.04 Å². The van der Waals surface area contributed by atoms with Crippen molar-refractivity contribution in [3.05, 3.63) is 0 Å². The highest BCUT2D eigenvalue weighted by atomic mass is 16.5. The van der Waals surface area contributed by atoms with Crippen molar-refractivity contribution in [3.8, 4) is 0 Å². The van der Waals surface area contributed by atoms with E-state index < -0.39 is 0 Å². The number of likely N-dealkylation sites (tertiary alicyclic amines) is 1. The highest BCUT2D eigenvalue weighted by molar-refractivity contribution is 5.80. The second-order valence-electron chi connectivity index (χ2n) is 6.96. The summed E-state index contributed by atoms with van der Waals surface area (Å²) < 4.78 is 5.65. The minimum atomic E-state index is 0.570. The molecule has 0 amide bonds. The number of ether oxygens (including phenoxy) is 1. The van der Waals surface area contributed by atoms with E-state index in [2.05, 4.69) is 27.4 Å². The van der Waals surface area contributed by atoms with Gasteiger partial charge in [0.05, 0.1) is 13.2 Å². The van der Waals surface area contributed by atoms with Crippen LogP contribution >= 0.6 is 0 Å². The molecule has 0 aromatic rings. The third kappa shape index (κ3) is 5.43. The van der Waals surface area contributed by atoms with Crippen LogP contribution in [0.3, 0.4) is 0 Å². The number of rotatable bonds is 8. The number of hydrogen-bond donors (Lipinski definition) is 2. The Morgan fingerprint density at radius 2 is 1.91 bits per heavy atom. The molecule has 1 aliphatic heterocycles. The van der Waals surface area contributed by atoms with Gasteiger partial charge in [0.1, 0.15) is 0 Å². The maximum atomic E-state index is 5.65. The Bertz CT molecular complexity index is 358. The maximum absolute atomic E-state index is 5.65. The molecule has 5 nitrogen and oxygen atoms in total. The third-order valence-electron chi connectivity index (χ3n) is 4.83. The molecule has 0 aromatic carbocycles. The van der Waals surface area contributed by atoms with Crippen molar-refractivity contribution in [1.82, 2.24) is 15.5 Å². The third-order valence-corrected chi connectivity index (χ3v) is 4.83. The zero-order valence-corrected chi connectivity index (χ0v) is 14.0. The fourth-order valence-corrected chi connectivity index (χ4v) is 3.12.